The van der Waals surface area contributed by atoms with Gasteiger partial charge >= 0.3 is 0 Å². The smallest absolute Gasteiger partial charge is 0.273 e. The molecular formula is C14H17N3O3. The van der Waals surface area contributed by atoms with Crippen molar-refractivity contribution in [3.8, 4) is 0 Å². The molecule has 0 saturated heterocycles. The minimum absolute atomic E-state index is 0.143. The van der Waals surface area contributed by atoms with Gasteiger partial charge in [0.1, 0.15) is 12.3 Å². The van der Waals surface area contributed by atoms with E-state index in [0.29, 0.717) is 6.54 Å². The summed E-state index contributed by atoms with van der Waals surface area (Å²) in [6, 6.07) is 8.79. The fraction of sp³-hybridized carbons (Fsp3) is 0.286. The standard InChI is InChI=1S/C14H17N3O3/c1-9(18)12(15)14-17-11(8-20-14)13(19)16-7-10-5-3-2-4-6-10/h2-6,8-9,12,18H,7,15H2,1H3,(H,16,19). The van der Waals surface area contributed by atoms with E-state index in [1.807, 2.05) is 30.3 Å². The van der Waals surface area contributed by atoms with Crippen LogP contribution in [-0.2, 0) is 6.54 Å². The number of hydrogen-bond acceptors (Lipinski definition) is 5. The number of benzene rings is 1. The monoisotopic (exact) mass is 275 g/mol. The van der Waals surface area contributed by atoms with Crippen LogP contribution in [0, 0.1) is 0 Å². The summed E-state index contributed by atoms with van der Waals surface area (Å²) in [6.07, 6.45) is 0.437. The average molecular weight is 275 g/mol. The van der Waals surface area contributed by atoms with Gasteiger partial charge in [-0.1, -0.05) is 30.3 Å². The molecule has 0 spiro atoms. The van der Waals surface area contributed by atoms with Crippen molar-refractivity contribution < 1.29 is 14.3 Å². The summed E-state index contributed by atoms with van der Waals surface area (Å²) in [6.45, 7) is 1.94. The van der Waals surface area contributed by atoms with Crippen molar-refractivity contribution in [2.75, 3.05) is 0 Å². The van der Waals surface area contributed by atoms with Crippen molar-refractivity contribution >= 4 is 5.91 Å². The van der Waals surface area contributed by atoms with Gasteiger partial charge in [-0.05, 0) is 12.5 Å². The lowest BCUT2D eigenvalue weighted by Crippen LogP contribution is -2.25. The number of oxazole rings is 1. The van der Waals surface area contributed by atoms with Gasteiger partial charge in [0.2, 0.25) is 5.89 Å². The van der Waals surface area contributed by atoms with E-state index >= 15 is 0 Å². The van der Waals surface area contributed by atoms with Crippen LogP contribution in [0.2, 0.25) is 0 Å². The van der Waals surface area contributed by atoms with Gasteiger partial charge in [0.05, 0.1) is 6.10 Å². The summed E-state index contributed by atoms with van der Waals surface area (Å²) < 4.78 is 5.10. The summed E-state index contributed by atoms with van der Waals surface area (Å²) >= 11 is 0. The van der Waals surface area contributed by atoms with Crippen LogP contribution in [0.3, 0.4) is 0 Å². The Morgan fingerprint density at radius 1 is 1.45 bits per heavy atom. The Hall–Kier alpha value is -2.18. The van der Waals surface area contributed by atoms with E-state index in [1.54, 1.807) is 0 Å². The molecule has 1 aromatic carbocycles. The largest absolute Gasteiger partial charge is 0.446 e. The summed E-state index contributed by atoms with van der Waals surface area (Å²) in [7, 11) is 0. The van der Waals surface area contributed by atoms with E-state index in [1.165, 1.54) is 13.2 Å². The number of rotatable bonds is 5. The zero-order valence-corrected chi connectivity index (χ0v) is 11.1. The Kier molecular flexibility index (Phi) is 4.49. The van der Waals surface area contributed by atoms with Crippen molar-refractivity contribution in [2.24, 2.45) is 5.73 Å². The number of nitrogens with one attached hydrogen (secondary N) is 1. The highest BCUT2D eigenvalue weighted by molar-refractivity contribution is 5.91. The van der Waals surface area contributed by atoms with Gasteiger partial charge in [0.15, 0.2) is 5.69 Å². The molecule has 6 heteroatoms. The van der Waals surface area contributed by atoms with Crippen LogP contribution < -0.4 is 11.1 Å². The molecule has 2 rings (SSSR count). The first-order chi connectivity index (χ1) is 9.58. The Morgan fingerprint density at radius 2 is 2.15 bits per heavy atom. The highest BCUT2D eigenvalue weighted by Crippen LogP contribution is 2.13. The summed E-state index contributed by atoms with van der Waals surface area (Å²) in [5.74, 6) is -0.202. The number of amides is 1. The van der Waals surface area contributed by atoms with Gasteiger partial charge in [-0.2, -0.15) is 0 Å². The quantitative estimate of drug-likeness (QED) is 0.755. The topological polar surface area (TPSA) is 101 Å². The second-order valence-corrected chi connectivity index (χ2v) is 4.51. The molecule has 106 valence electrons. The molecule has 0 bridgehead atoms. The van der Waals surface area contributed by atoms with E-state index in [2.05, 4.69) is 10.3 Å². The Balaban J connectivity index is 1.96. The maximum absolute atomic E-state index is 11.9. The second-order valence-electron chi connectivity index (χ2n) is 4.51. The van der Waals surface area contributed by atoms with Crippen LogP contribution in [-0.4, -0.2) is 22.1 Å². The number of aromatic nitrogens is 1. The van der Waals surface area contributed by atoms with Crippen molar-refractivity contribution in [3.05, 3.63) is 53.7 Å². The van der Waals surface area contributed by atoms with E-state index in [0.717, 1.165) is 5.56 Å². The Labute approximate surface area is 116 Å². The number of carbonyl (C=O) groups excluding carboxylic acids is 1. The summed E-state index contributed by atoms with van der Waals surface area (Å²) in [5.41, 5.74) is 6.81. The molecule has 20 heavy (non-hydrogen) atoms. The van der Waals surface area contributed by atoms with E-state index in [9.17, 15) is 9.90 Å². The molecule has 2 aromatic rings. The molecule has 1 aromatic heterocycles. The summed E-state index contributed by atoms with van der Waals surface area (Å²) in [4.78, 5) is 15.9. The van der Waals surface area contributed by atoms with Crippen LogP contribution in [0.1, 0.15) is 34.9 Å². The SMILES string of the molecule is CC(O)C(N)c1nc(C(=O)NCc2ccccc2)co1. The number of nitrogens with zero attached hydrogens (tertiary/aromatic N) is 1. The number of aliphatic hydroxyl groups excluding tert-OH is 1. The van der Waals surface area contributed by atoms with Gasteiger partial charge in [0, 0.05) is 6.54 Å². The third kappa shape index (κ3) is 3.43. The molecule has 0 fully saturated rings. The number of aliphatic hydroxyl groups is 1. The summed E-state index contributed by atoms with van der Waals surface area (Å²) in [5, 5.41) is 12.1. The van der Waals surface area contributed by atoms with Gasteiger partial charge in [-0.15, -0.1) is 0 Å². The minimum atomic E-state index is -0.797. The Bertz CT molecular complexity index is 566. The molecule has 0 aliphatic heterocycles. The number of carbonyl (C=O) groups is 1. The van der Waals surface area contributed by atoms with Crippen LogP contribution in [0.4, 0.5) is 0 Å². The van der Waals surface area contributed by atoms with Crippen molar-refractivity contribution in [1.82, 2.24) is 10.3 Å². The first-order valence-corrected chi connectivity index (χ1v) is 6.29. The first-order valence-electron chi connectivity index (χ1n) is 6.29. The lowest BCUT2D eigenvalue weighted by atomic mass is 10.2. The fourth-order valence-corrected chi connectivity index (χ4v) is 1.62. The van der Waals surface area contributed by atoms with Crippen molar-refractivity contribution in [2.45, 2.75) is 25.6 Å². The van der Waals surface area contributed by atoms with Crippen LogP contribution >= 0.6 is 0 Å². The molecule has 0 aliphatic rings. The maximum Gasteiger partial charge on any atom is 0.273 e. The highest BCUT2D eigenvalue weighted by Gasteiger charge is 2.20. The molecular weight excluding hydrogens is 258 g/mol. The molecule has 0 radical (unpaired) electrons. The second kappa shape index (κ2) is 6.31. The van der Waals surface area contributed by atoms with Crippen LogP contribution in [0.5, 0.6) is 0 Å². The van der Waals surface area contributed by atoms with Crippen molar-refractivity contribution in [1.29, 1.82) is 0 Å². The highest BCUT2D eigenvalue weighted by atomic mass is 16.3. The lowest BCUT2D eigenvalue weighted by Gasteiger charge is -2.09. The maximum atomic E-state index is 11.9. The van der Waals surface area contributed by atoms with Gasteiger partial charge in [-0.25, -0.2) is 4.98 Å². The third-order valence-corrected chi connectivity index (χ3v) is 2.86. The molecule has 0 saturated carbocycles. The van der Waals surface area contributed by atoms with Gasteiger partial charge in [0.25, 0.3) is 5.91 Å². The Morgan fingerprint density at radius 3 is 2.80 bits per heavy atom. The van der Waals surface area contributed by atoms with Crippen LogP contribution in [0.25, 0.3) is 0 Å². The lowest BCUT2D eigenvalue weighted by molar-refractivity contribution is 0.0945. The zero-order valence-electron chi connectivity index (χ0n) is 11.1. The average Bonchev–Trinajstić information content (AvgIpc) is 2.94. The van der Waals surface area contributed by atoms with Gasteiger partial charge in [-0.3, -0.25) is 4.79 Å². The number of nitrogens with two attached hydrogens (primary N) is 1. The van der Waals surface area contributed by atoms with Gasteiger partial charge < -0.3 is 20.6 Å². The molecule has 1 heterocycles. The van der Waals surface area contributed by atoms with E-state index in [-0.39, 0.29) is 17.5 Å². The normalized spacial score (nSPS) is 13.8. The molecule has 6 nitrogen and oxygen atoms in total. The molecule has 4 N–H and O–H groups in total. The zero-order chi connectivity index (χ0) is 14.5. The third-order valence-electron chi connectivity index (χ3n) is 2.86. The van der Waals surface area contributed by atoms with Crippen LogP contribution in [0.15, 0.2) is 41.0 Å². The molecule has 1 amide bonds. The predicted octanol–water partition coefficient (Wildman–Crippen LogP) is 0.985. The molecule has 2 atom stereocenters. The fourth-order valence-electron chi connectivity index (χ4n) is 1.62. The van der Waals surface area contributed by atoms with E-state index in [4.69, 9.17) is 10.2 Å². The number of hydrogen-bond donors (Lipinski definition) is 3. The molecule has 0 aliphatic carbocycles. The van der Waals surface area contributed by atoms with Crippen molar-refractivity contribution in [3.63, 3.8) is 0 Å². The molecule has 2 unspecified atom stereocenters. The van der Waals surface area contributed by atoms with E-state index < -0.39 is 12.1 Å². The minimum Gasteiger partial charge on any atom is -0.446 e. The predicted molar refractivity (Wildman–Crippen MR) is 72.7 cm³/mol. The first kappa shape index (κ1) is 14.2.